The maximum atomic E-state index is 6.26. The van der Waals surface area contributed by atoms with Gasteiger partial charge in [-0.1, -0.05) is 12.1 Å². The SMILES string of the molecule is CCn1nccc1C(N)c1ccc(SC)cc1. The van der Waals surface area contributed by atoms with Gasteiger partial charge in [-0.15, -0.1) is 11.8 Å². The number of benzene rings is 1. The summed E-state index contributed by atoms with van der Waals surface area (Å²) in [7, 11) is 0. The lowest BCUT2D eigenvalue weighted by Crippen LogP contribution is -2.17. The van der Waals surface area contributed by atoms with E-state index in [0.717, 1.165) is 17.8 Å². The molecule has 1 unspecified atom stereocenters. The zero-order chi connectivity index (χ0) is 12.3. The minimum absolute atomic E-state index is 0.103. The van der Waals surface area contributed by atoms with E-state index in [-0.39, 0.29) is 6.04 Å². The number of rotatable bonds is 4. The van der Waals surface area contributed by atoms with Crippen molar-refractivity contribution in [2.45, 2.75) is 24.4 Å². The topological polar surface area (TPSA) is 43.8 Å². The van der Waals surface area contributed by atoms with Crippen LogP contribution in [0.25, 0.3) is 0 Å². The number of aromatic nitrogens is 2. The van der Waals surface area contributed by atoms with Gasteiger partial charge in [-0.05, 0) is 36.9 Å². The first-order chi connectivity index (χ1) is 8.26. The molecule has 2 N–H and O–H groups in total. The fraction of sp³-hybridized carbons (Fsp3) is 0.308. The van der Waals surface area contributed by atoms with Gasteiger partial charge in [0.2, 0.25) is 0 Å². The van der Waals surface area contributed by atoms with Crippen LogP contribution in [0.2, 0.25) is 0 Å². The van der Waals surface area contributed by atoms with Crippen LogP contribution < -0.4 is 5.73 Å². The lowest BCUT2D eigenvalue weighted by atomic mass is 10.0. The van der Waals surface area contributed by atoms with Gasteiger partial charge >= 0.3 is 0 Å². The van der Waals surface area contributed by atoms with Crippen molar-refractivity contribution in [2.24, 2.45) is 5.73 Å². The molecule has 2 aromatic rings. The van der Waals surface area contributed by atoms with Gasteiger partial charge in [0.25, 0.3) is 0 Å². The van der Waals surface area contributed by atoms with E-state index in [4.69, 9.17) is 5.73 Å². The molecule has 0 amide bonds. The van der Waals surface area contributed by atoms with E-state index in [1.54, 1.807) is 18.0 Å². The molecule has 3 nitrogen and oxygen atoms in total. The molecule has 0 radical (unpaired) electrons. The Bertz CT molecular complexity index is 476. The minimum Gasteiger partial charge on any atom is -0.319 e. The van der Waals surface area contributed by atoms with Gasteiger partial charge in [-0.3, -0.25) is 4.68 Å². The fourth-order valence-electron chi connectivity index (χ4n) is 1.85. The molecule has 90 valence electrons. The zero-order valence-corrected chi connectivity index (χ0v) is 10.9. The maximum Gasteiger partial charge on any atom is 0.0723 e. The number of hydrogen-bond acceptors (Lipinski definition) is 3. The first-order valence-electron chi connectivity index (χ1n) is 5.67. The third-order valence-corrected chi connectivity index (χ3v) is 3.59. The van der Waals surface area contributed by atoms with Crippen molar-refractivity contribution < 1.29 is 0 Å². The van der Waals surface area contributed by atoms with Crippen LogP contribution in [-0.2, 0) is 6.54 Å². The van der Waals surface area contributed by atoms with Gasteiger partial charge in [-0.25, -0.2) is 0 Å². The molecule has 1 aromatic heterocycles. The Kier molecular flexibility index (Phi) is 3.86. The van der Waals surface area contributed by atoms with Crippen molar-refractivity contribution in [1.29, 1.82) is 0 Å². The first-order valence-corrected chi connectivity index (χ1v) is 6.90. The highest BCUT2D eigenvalue weighted by molar-refractivity contribution is 7.98. The molecule has 2 rings (SSSR count). The molecular formula is C13H17N3S. The normalized spacial score (nSPS) is 12.6. The molecule has 0 aliphatic heterocycles. The van der Waals surface area contributed by atoms with E-state index in [1.807, 2.05) is 10.7 Å². The molecule has 0 aliphatic carbocycles. The van der Waals surface area contributed by atoms with Gasteiger partial charge in [0.05, 0.1) is 11.7 Å². The van der Waals surface area contributed by atoms with Crippen molar-refractivity contribution in [3.63, 3.8) is 0 Å². The third-order valence-electron chi connectivity index (χ3n) is 2.84. The molecule has 1 heterocycles. The largest absolute Gasteiger partial charge is 0.319 e. The van der Waals surface area contributed by atoms with Gasteiger partial charge in [0.15, 0.2) is 0 Å². The summed E-state index contributed by atoms with van der Waals surface area (Å²) in [5, 5.41) is 4.25. The molecule has 17 heavy (non-hydrogen) atoms. The standard InChI is InChI=1S/C13H17N3S/c1-3-16-12(8-9-15-16)13(14)10-4-6-11(17-2)7-5-10/h4-9,13H,3,14H2,1-2H3. The molecule has 0 saturated heterocycles. The van der Waals surface area contributed by atoms with Crippen molar-refractivity contribution in [3.8, 4) is 0 Å². The third kappa shape index (κ3) is 2.53. The average Bonchev–Trinajstić information content (AvgIpc) is 2.86. The van der Waals surface area contributed by atoms with Crippen molar-refractivity contribution >= 4 is 11.8 Å². The van der Waals surface area contributed by atoms with Gasteiger partial charge in [-0.2, -0.15) is 5.10 Å². The quantitative estimate of drug-likeness (QED) is 0.845. The zero-order valence-electron chi connectivity index (χ0n) is 10.1. The maximum absolute atomic E-state index is 6.26. The van der Waals surface area contributed by atoms with Crippen molar-refractivity contribution in [1.82, 2.24) is 9.78 Å². The number of hydrogen-bond donors (Lipinski definition) is 1. The smallest absolute Gasteiger partial charge is 0.0723 e. The van der Waals surface area contributed by atoms with Crippen LogP contribution in [0.5, 0.6) is 0 Å². The van der Waals surface area contributed by atoms with E-state index in [1.165, 1.54) is 4.90 Å². The van der Waals surface area contributed by atoms with Crippen LogP contribution >= 0.6 is 11.8 Å². The Labute approximate surface area is 106 Å². The predicted molar refractivity (Wildman–Crippen MR) is 72.2 cm³/mol. The summed E-state index contributed by atoms with van der Waals surface area (Å²) in [6, 6.07) is 10.3. The Balaban J connectivity index is 2.27. The highest BCUT2D eigenvalue weighted by atomic mass is 32.2. The predicted octanol–water partition coefficient (Wildman–Crippen LogP) is 2.67. The second kappa shape index (κ2) is 5.38. The second-order valence-corrected chi connectivity index (χ2v) is 4.70. The molecule has 0 saturated carbocycles. The Morgan fingerprint density at radius 2 is 2.00 bits per heavy atom. The van der Waals surface area contributed by atoms with Gasteiger partial charge in [0.1, 0.15) is 0 Å². The monoisotopic (exact) mass is 247 g/mol. The number of thioether (sulfide) groups is 1. The highest BCUT2D eigenvalue weighted by Gasteiger charge is 2.12. The molecule has 1 aromatic carbocycles. The molecular weight excluding hydrogens is 230 g/mol. The summed E-state index contributed by atoms with van der Waals surface area (Å²) < 4.78 is 1.94. The van der Waals surface area contributed by atoms with E-state index < -0.39 is 0 Å². The highest BCUT2D eigenvalue weighted by Crippen LogP contribution is 2.22. The number of aryl methyl sites for hydroxylation is 1. The van der Waals surface area contributed by atoms with Crippen LogP contribution in [0.15, 0.2) is 41.4 Å². The summed E-state index contributed by atoms with van der Waals surface area (Å²) in [6.45, 7) is 2.92. The first kappa shape index (κ1) is 12.2. The van der Waals surface area contributed by atoms with E-state index in [9.17, 15) is 0 Å². The van der Waals surface area contributed by atoms with Crippen LogP contribution in [-0.4, -0.2) is 16.0 Å². The molecule has 0 fully saturated rings. The van der Waals surface area contributed by atoms with Gasteiger partial charge < -0.3 is 5.73 Å². The number of nitrogens with zero attached hydrogens (tertiary/aromatic N) is 2. The lowest BCUT2D eigenvalue weighted by Gasteiger charge is -2.14. The second-order valence-electron chi connectivity index (χ2n) is 3.82. The van der Waals surface area contributed by atoms with E-state index in [0.29, 0.717) is 0 Å². The van der Waals surface area contributed by atoms with Gasteiger partial charge in [0, 0.05) is 17.6 Å². The van der Waals surface area contributed by atoms with Crippen LogP contribution in [0, 0.1) is 0 Å². The lowest BCUT2D eigenvalue weighted by molar-refractivity contribution is 0.601. The Hall–Kier alpha value is -1.26. The van der Waals surface area contributed by atoms with Crippen molar-refractivity contribution in [2.75, 3.05) is 6.26 Å². The Morgan fingerprint density at radius 3 is 2.59 bits per heavy atom. The molecule has 0 spiro atoms. The fourth-order valence-corrected chi connectivity index (χ4v) is 2.26. The summed E-state index contributed by atoms with van der Waals surface area (Å²) in [4.78, 5) is 1.25. The summed E-state index contributed by atoms with van der Waals surface area (Å²) >= 11 is 1.74. The minimum atomic E-state index is -0.103. The summed E-state index contributed by atoms with van der Waals surface area (Å²) in [5.74, 6) is 0. The van der Waals surface area contributed by atoms with E-state index in [2.05, 4.69) is 42.5 Å². The molecule has 4 heteroatoms. The molecule has 0 aliphatic rings. The van der Waals surface area contributed by atoms with Crippen molar-refractivity contribution in [3.05, 3.63) is 47.8 Å². The van der Waals surface area contributed by atoms with Crippen LogP contribution in [0.3, 0.4) is 0 Å². The average molecular weight is 247 g/mol. The van der Waals surface area contributed by atoms with E-state index >= 15 is 0 Å². The molecule has 1 atom stereocenters. The molecule has 0 bridgehead atoms. The van der Waals surface area contributed by atoms with Crippen LogP contribution in [0.4, 0.5) is 0 Å². The Morgan fingerprint density at radius 1 is 1.29 bits per heavy atom. The van der Waals surface area contributed by atoms with Crippen LogP contribution in [0.1, 0.15) is 24.2 Å². The summed E-state index contributed by atoms with van der Waals surface area (Å²) in [6.07, 6.45) is 3.87. The number of nitrogens with two attached hydrogens (primary N) is 1. The summed E-state index contributed by atoms with van der Waals surface area (Å²) in [5.41, 5.74) is 8.44.